The number of hydrogen-bond acceptors (Lipinski definition) is 6. The Morgan fingerprint density at radius 2 is 2.12 bits per heavy atom. The molecule has 24 heavy (non-hydrogen) atoms. The molecule has 1 fully saturated rings. The van der Waals surface area contributed by atoms with Crippen LogP contribution in [0.2, 0.25) is 0 Å². The molecular weight excluding hydrogens is 308 g/mol. The number of Topliss-reactive ketones (excluding diaryl/α,β-unsaturated/α-hetero) is 1. The second-order valence-corrected chi connectivity index (χ2v) is 7.01. The number of nitrogens with zero attached hydrogens (tertiary/aromatic N) is 4. The van der Waals surface area contributed by atoms with Gasteiger partial charge in [-0.1, -0.05) is 19.9 Å². The third kappa shape index (κ3) is 2.54. The molecule has 3 rings (SSSR count). The predicted molar refractivity (Wildman–Crippen MR) is 84.0 cm³/mol. The zero-order valence-electron chi connectivity index (χ0n) is 13.9. The molecule has 1 amide bonds. The number of likely N-dealkylation sites (tertiary alicyclic amines) is 1. The third-order valence-electron chi connectivity index (χ3n) is 4.56. The van der Waals surface area contributed by atoms with Crippen LogP contribution in [-0.4, -0.2) is 46.8 Å². The monoisotopic (exact) mass is 326 g/mol. The molecule has 0 N–H and O–H groups in total. The lowest BCUT2D eigenvalue weighted by molar-refractivity contribution is -0.127. The Balaban J connectivity index is 1.79. The van der Waals surface area contributed by atoms with Crippen LogP contribution in [0, 0.1) is 22.2 Å². The molecule has 0 unspecified atom stereocenters. The normalized spacial score (nSPS) is 20.8. The minimum absolute atomic E-state index is 0.124. The van der Waals surface area contributed by atoms with Gasteiger partial charge in [0.05, 0.1) is 12.7 Å². The Kier molecular flexibility index (Phi) is 3.63. The molecule has 1 aromatic heterocycles. The summed E-state index contributed by atoms with van der Waals surface area (Å²) in [5.74, 6) is -0.330. The maximum absolute atomic E-state index is 12.5. The standard InChI is InChI=1S/C17H18N4O3/c1-16(2)8-17(6-11(7-18)13(16)22)9-21(10-17)14(23)12-4-5-19-15(20-12)24-3/h4-6H,8-10H2,1-3H3. The van der Waals surface area contributed by atoms with Crippen LogP contribution in [-0.2, 0) is 4.79 Å². The molecule has 0 radical (unpaired) electrons. The number of allylic oxidation sites excluding steroid dienone is 1. The Morgan fingerprint density at radius 3 is 2.75 bits per heavy atom. The first-order valence-corrected chi connectivity index (χ1v) is 7.64. The van der Waals surface area contributed by atoms with Gasteiger partial charge in [0.15, 0.2) is 5.78 Å². The highest BCUT2D eigenvalue weighted by Crippen LogP contribution is 2.48. The summed E-state index contributed by atoms with van der Waals surface area (Å²) in [5.41, 5.74) is -0.433. The summed E-state index contributed by atoms with van der Waals surface area (Å²) in [6, 6.07) is 3.68. The fraction of sp³-hybridized carbons (Fsp3) is 0.471. The van der Waals surface area contributed by atoms with Crippen molar-refractivity contribution in [1.82, 2.24) is 14.9 Å². The predicted octanol–water partition coefficient (Wildman–Crippen LogP) is 1.38. The van der Waals surface area contributed by atoms with E-state index in [9.17, 15) is 14.9 Å². The lowest BCUT2D eigenvalue weighted by atomic mass is 9.61. The van der Waals surface area contributed by atoms with Crippen molar-refractivity contribution in [3.05, 3.63) is 29.6 Å². The minimum Gasteiger partial charge on any atom is -0.467 e. The first kappa shape index (κ1) is 16.1. The Morgan fingerprint density at radius 1 is 1.42 bits per heavy atom. The number of ether oxygens (including phenoxy) is 1. The van der Waals surface area contributed by atoms with Crippen molar-refractivity contribution in [3.63, 3.8) is 0 Å². The van der Waals surface area contributed by atoms with Gasteiger partial charge in [-0.2, -0.15) is 10.2 Å². The molecule has 2 aliphatic rings. The number of carbonyl (C=O) groups excluding carboxylic acids is 2. The number of hydrogen-bond donors (Lipinski definition) is 0. The lowest BCUT2D eigenvalue weighted by Gasteiger charge is -2.53. The fourth-order valence-electron chi connectivity index (χ4n) is 3.61. The third-order valence-corrected chi connectivity index (χ3v) is 4.56. The molecule has 0 saturated carbocycles. The second-order valence-electron chi connectivity index (χ2n) is 7.01. The van der Waals surface area contributed by atoms with Crippen molar-refractivity contribution in [3.8, 4) is 12.1 Å². The van der Waals surface area contributed by atoms with Crippen LogP contribution in [0.5, 0.6) is 6.01 Å². The van der Waals surface area contributed by atoms with Crippen molar-refractivity contribution >= 4 is 11.7 Å². The molecular formula is C17H18N4O3. The zero-order valence-corrected chi connectivity index (χ0v) is 13.9. The fourth-order valence-corrected chi connectivity index (χ4v) is 3.61. The van der Waals surface area contributed by atoms with E-state index in [1.54, 1.807) is 17.0 Å². The van der Waals surface area contributed by atoms with E-state index >= 15 is 0 Å². The highest BCUT2D eigenvalue weighted by molar-refractivity contribution is 6.04. The van der Waals surface area contributed by atoms with Gasteiger partial charge in [-0.05, 0) is 12.5 Å². The molecule has 7 heteroatoms. The summed E-state index contributed by atoms with van der Waals surface area (Å²) >= 11 is 0. The summed E-state index contributed by atoms with van der Waals surface area (Å²) in [4.78, 5) is 34.3. The van der Waals surface area contributed by atoms with E-state index in [0.717, 1.165) is 0 Å². The van der Waals surface area contributed by atoms with E-state index in [1.165, 1.54) is 13.3 Å². The van der Waals surface area contributed by atoms with Gasteiger partial charge < -0.3 is 9.64 Å². The van der Waals surface area contributed by atoms with Crippen molar-refractivity contribution in [1.29, 1.82) is 5.26 Å². The highest BCUT2D eigenvalue weighted by atomic mass is 16.5. The molecule has 124 valence electrons. The molecule has 0 aromatic carbocycles. The van der Waals surface area contributed by atoms with Crippen molar-refractivity contribution in [2.24, 2.45) is 10.8 Å². The first-order valence-electron chi connectivity index (χ1n) is 7.64. The van der Waals surface area contributed by atoms with E-state index in [-0.39, 0.29) is 34.4 Å². The van der Waals surface area contributed by atoms with Gasteiger partial charge in [0.1, 0.15) is 11.8 Å². The minimum atomic E-state index is -0.590. The summed E-state index contributed by atoms with van der Waals surface area (Å²) in [6.45, 7) is 4.64. The molecule has 0 atom stereocenters. The van der Waals surface area contributed by atoms with Crippen LogP contribution >= 0.6 is 0 Å². The molecule has 2 heterocycles. The summed E-state index contributed by atoms with van der Waals surface area (Å²) in [6.07, 6.45) is 3.84. The van der Waals surface area contributed by atoms with Crippen LogP contribution in [0.1, 0.15) is 30.8 Å². The van der Waals surface area contributed by atoms with E-state index in [0.29, 0.717) is 19.5 Å². The average molecular weight is 326 g/mol. The molecule has 1 aromatic rings. The Bertz CT molecular complexity index is 785. The Hall–Kier alpha value is -2.75. The van der Waals surface area contributed by atoms with Crippen LogP contribution in [0.3, 0.4) is 0 Å². The van der Waals surface area contributed by atoms with Crippen LogP contribution < -0.4 is 4.74 Å². The van der Waals surface area contributed by atoms with Crippen LogP contribution in [0.4, 0.5) is 0 Å². The topological polar surface area (TPSA) is 96.2 Å². The van der Waals surface area contributed by atoms with Crippen LogP contribution in [0.15, 0.2) is 23.9 Å². The maximum atomic E-state index is 12.5. The van der Waals surface area contributed by atoms with Gasteiger partial charge in [-0.15, -0.1) is 0 Å². The molecule has 1 spiro atoms. The van der Waals surface area contributed by atoms with Gasteiger partial charge in [-0.3, -0.25) is 9.59 Å². The van der Waals surface area contributed by atoms with Gasteiger partial charge >= 0.3 is 6.01 Å². The molecule has 7 nitrogen and oxygen atoms in total. The number of carbonyl (C=O) groups is 2. The van der Waals surface area contributed by atoms with E-state index in [2.05, 4.69) is 9.97 Å². The van der Waals surface area contributed by atoms with Gasteiger partial charge in [0.2, 0.25) is 0 Å². The smallest absolute Gasteiger partial charge is 0.316 e. The largest absolute Gasteiger partial charge is 0.467 e. The van der Waals surface area contributed by atoms with Crippen molar-refractivity contribution < 1.29 is 14.3 Å². The average Bonchev–Trinajstić information content (AvgIpc) is 2.54. The lowest BCUT2D eigenvalue weighted by Crippen LogP contribution is -2.61. The Labute approximate surface area is 140 Å². The summed E-state index contributed by atoms with van der Waals surface area (Å²) in [5, 5.41) is 9.21. The SMILES string of the molecule is COc1nccc(C(=O)N2CC3(C=C(C#N)C(=O)C(C)(C)C3)C2)n1. The van der Waals surface area contributed by atoms with Crippen molar-refractivity contribution in [2.75, 3.05) is 20.2 Å². The molecule has 1 aliphatic heterocycles. The van der Waals surface area contributed by atoms with Gasteiger partial charge in [0.25, 0.3) is 5.91 Å². The van der Waals surface area contributed by atoms with Gasteiger partial charge in [-0.25, -0.2) is 4.98 Å². The number of nitriles is 1. The summed E-state index contributed by atoms with van der Waals surface area (Å²) < 4.78 is 4.94. The number of amides is 1. The quantitative estimate of drug-likeness (QED) is 0.814. The maximum Gasteiger partial charge on any atom is 0.316 e. The second kappa shape index (κ2) is 5.41. The van der Waals surface area contributed by atoms with E-state index in [4.69, 9.17) is 4.74 Å². The molecule has 0 bridgehead atoms. The molecule has 1 aliphatic carbocycles. The van der Waals surface area contributed by atoms with E-state index in [1.807, 2.05) is 19.9 Å². The zero-order chi connectivity index (χ0) is 17.5. The number of aromatic nitrogens is 2. The highest BCUT2D eigenvalue weighted by Gasteiger charge is 2.52. The summed E-state index contributed by atoms with van der Waals surface area (Å²) in [7, 11) is 1.44. The number of rotatable bonds is 2. The van der Waals surface area contributed by atoms with Crippen LogP contribution in [0.25, 0.3) is 0 Å². The number of ketones is 1. The van der Waals surface area contributed by atoms with E-state index < -0.39 is 5.41 Å². The molecule has 1 saturated heterocycles. The van der Waals surface area contributed by atoms with Crippen molar-refractivity contribution in [2.45, 2.75) is 20.3 Å². The number of methoxy groups -OCH3 is 1. The van der Waals surface area contributed by atoms with Gasteiger partial charge in [0, 0.05) is 30.1 Å². The first-order chi connectivity index (χ1) is 11.3.